The quantitative estimate of drug-likeness (QED) is 0.666. The second-order valence-electron chi connectivity index (χ2n) is 9.65. The van der Waals surface area contributed by atoms with Gasteiger partial charge in [0.15, 0.2) is 0 Å². The molecule has 29 heavy (non-hydrogen) atoms. The maximum absolute atomic E-state index is 13.1. The van der Waals surface area contributed by atoms with Gasteiger partial charge in [-0.05, 0) is 63.7 Å². The first-order valence-electron chi connectivity index (χ1n) is 10.8. The van der Waals surface area contributed by atoms with Crippen LogP contribution in [0.15, 0.2) is 6.20 Å². The number of rotatable bonds is 6. The van der Waals surface area contributed by atoms with Crippen molar-refractivity contribution >= 4 is 11.9 Å². The van der Waals surface area contributed by atoms with Crippen molar-refractivity contribution in [2.75, 3.05) is 18.5 Å². The molecule has 158 valence electrons. The Kier molecular flexibility index (Phi) is 4.66. The van der Waals surface area contributed by atoms with E-state index in [1.54, 1.807) is 6.20 Å². The van der Waals surface area contributed by atoms with Gasteiger partial charge in [-0.2, -0.15) is 4.98 Å². The number of ether oxygens (including phenoxy) is 2. The molecule has 4 saturated carbocycles. The molecular formula is C21H30N4O4. The Balaban J connectivity index is 1.33. The van der Waals surface area contributed by atoms with Crippen LogP contribution < -0.4 is 15.4 Å². The largest absolute Gasteiger partial charge is 0.474 e. The molecule has 8 heteroatoms. The molecule has 4 aliphatic carbocycles. The van der Waals surface area contributed by atoms with Crippen LogP contribution in [0.2, 0.25) is 0 Å². The van der Waals surface area contributed by atoms with Gasteiger partial charge in [0.1, 0.15) is 5.56 Å². The van der Waals surface area contributed by atoms with E-state index in [4.69, 9.17) is 9.47 Å². The molecule has 2 atom stereocenters. The lowest BCUT2D eigenvalue weighted by molar-refractivity contribution is -0.136. The molecule has 1 saturated heterocycles. The van der Waals surface area contributed by atoms with E-state index in [1.165, 1.54) is 0 Å². The average Bonchev–Trinajstić information content (AvgIpc) is 2.59. The van der Waals surface area contributed by atoms with Crippen LogP contribution in [-0.2, 0) is 4.74 Å². The SMILES string of the molecule is CC(C)Oc1nc(NC2COC2)ncc1C(=O)NC1C2CC3CC1CC(O)(C3)C2. The summed E-state index contributed by atoms with van der Waals surface area (Å²) in [7, 11) is 0. The van der Waals surface area contributed by atoms with Gasteiger partial charge in [-0.15, -0.1) is 0 Å². The highest BCUT2D eigenvalue weighted by atomic mass is 16.5. The second kappa shape index (κ2) is 7.09. The zero-order valence-electron chi connectivity index (χ0n) is 17.1. The van der Waals surface area contributed by atoms with Crippen LogP contribution in [0.1, 0.15) is 56.3 Å². The fourth-order valence-corrected chi connectivity index (χ4v) is 5.85. The van der Waals surface area contributed by atoms with Crippen molar-refractivity contribution in [3.8, 4) is 5.88 Å². The Morgan fingerprint density at radius 3 is 2.59 bits per heavy atom. The van der Waals surface area contributed by atoms with Gasteiger partial charge in [-0.25, -0.2) is 4.98 Å². The number of aliphatic hydroxyl groups is 1. The molecule has 5 fully saturated rings. The predicted molar refractivity (Wildman–Crippen MR) is 106 cm³/mol. The van der Waals surface area contributed by atoms with E-state index in [9.17, 15) is 9.90 Å². The first-order valence-corrected chi connectivity index (χ1v) is 10.8. The molecule has 1 aromatic rings. The maximum atomic E-state index is 13.1. The van der Waals surface area contributed by atoms with Crippen molar-refractivity contribution in [2.45, 2.75) is 69.7 Å². The van der Waals surface area contributed by atoms with Gasteiger partial charge in [0.05, 0.1) is 31.0 Å². The summed E-state index contributed by atoms with van der Waals surface area (Å²) < 4.78 is 11.0. The predicted octanol–water partition coefficient (Wildman–Crippen LogP) is 1.74. The maximum Gasteiger partial charge on any atom is 0.258 e. The van der Waals surface area contributed by atoms with E-state index >= 15 is 0 Å². The lowest BCUT2D eigenvalue weighted by atomic mass is 9.52. The zero-order chi connectivity index (χ0) is 20.2. The fraction of sp³-hybridized carbons (Fsp3) is 0.762. The summed E-state index contributed by atoms with van der Waals surface area (Å²) in [5, 5.41) is 17.2. The van der Waals surface area contributed by atoms with Gasteiger partial charge in [-0.3, -0.25) is 4.79 Å². The molecule has 1 aliphatic heterocycles. The lowest BCUT2D eigenvalue weighted by Crippen LogP contribution is -2.61. The van der Waals surface area contributed by atoms with Crippen LogP contribution in [0.5, 0.6) is 5.88 Å². The van der Waals surface area contributed by atoms with Gasteiger partial charge in [0.25, 0.3) is 5.91 Å². The van der Waals surface area contributed by atoms with Crippen molar-refractivity contribution in [3.05, 3.63) is 11.8 Å². The minimum atomic E-state index is -0.509. The van der Waals surface area contributed by atoms with E-state index in [2.05, 4.69) is 20.6 Å². The summed E-state index contributed by atoms with van der Waals surface area (Å²) in [5.74, 6) is 1.87. The summed E-state index contributed by atoms with van der Waals surface area (Å²) in [4.78, 5) is 21.9. The molecule has 2 heterocycles. The summed E-state index contributed by atoms with van der Waals surface area (Å²) in [5.41, 5.74) is -0.146. The molecule has 2 unspecified atom stereocenters. The molecule has 5 aliphatic rings. The number of nitrogens with zero attached hydrogens (tertiary/aromatic N) is 2. The van der Waals surface area contributed by atoms with E-state index in [1.807, 2.05) is 13.8 Å². The van der Waals surface area contributed by atoms with Crippen molar-refractivity contribution in [1.29, 1.82) is 0 Å². The van der Waals surface area contributed by atoms with Crippen molar-refractivity contribution in [2.24, 2.45) is 17.8 Å². The number of aromatic nitrogens is 2. The third-order valence-electron chi connectivity index (χ3n) is 6.86. The molecule has 1 amide bonds. The van der Waals surface area contributed by atoms with Crippen LogP contribution >= 0.6 is 0 Å². The molecular weight excluding hydrogens is 372 g/mol. The number of nitrogens with one attached hydrogen (secondary N) is 2. The number of hydrogen-bond donors (Lipinski definition) is 3. The minimum Gasteiger partial charge on any atom is -0.474 e. The molecule has 8 nitrogen and oxygen atoms in total. The highest BCUT2D eigenvalue weighted by Gasteiger charge is 2.55. The van der Waals surface area contributed by atoms with Gasteiger partial charge in [0.2, 0.25) is 11.8 Å². The molecule has 3 N–H and O–H groups in total. The van der Waals surface area contributed by atoms with Crippen LogP contribution in [0, 0.1) is 17.8 Å². The Morgan fingerprint density at radius 2 is 2.00 bits per heavy atom. The van der Waals surface area contributed by atoms with E-state index < -0.39 is 5.60 Å². The van der Waals surface area contributed by atoms with Gasteiger partial charge >= 0.3 is 0 Å². The van der Waals surface area contributed by atoms with Crippen molar-refractivity contribution < 1.29 is 19.4 Å². The summed E-state index contributed by atoms with van der Waals surface area (Å²) in [6, 6.07) is 0.302. The lowest BCUT2D eigenvalue weighted by Gasteiger charge is -2.58. The van der Waals surface area contributed by atoms with Crippen molar-refractivity contribution in [1.82, 2.24) is 15.3 Å². The molecule has 0 spiro atoms. The highest BCUT2D eigenvalue weighted by molar-refractivity contribution is 5.96. The fourth-order valence-electron chi connectivity index (χ4n) is 5.85. The summed E-state index contributed by atoms with van der Waals surface area (Å²) in [6.45, 7) is 5.08. The van der Waals surface area contributed by atoms with Crippen LogP contribution in [0.3, 0.4) is 0 Å². The van der Waals surface area contributed by atoms with Gasteiger partial charge < -0.3 is 25.2 Å². The molecule has 4 bridgehead atoms. The summed E-state index contributed by atoms with van der Waals surface area (Å²) in [6.07, 6.45) is 6.16. The molecule has 1 aromatic heterocycles. The first-order chi connectivity index (χ1) is 13.9. The molecule has 6 rings (SSSR count). The third-order valence-corrected chi connectivity index (χ3v) is 6.86. The van der Waals surface area contributed by atoms with Crippen molar-refractivity contribution in [3.63, 3.8) is 0 Å². The van der Waals surface area contributed by atoms with Crippen LogP contribution in [-0.4, -0.2) is 58.0 Å². The second-order valence-corrected chi connectivity index (χ2v) is 9.65. The van der Waals surface area contributed by atoms with E-state index in [0.29, 0.717) is 48.4 Å². The third kappa shape index (κ3) is 3.68. The smallest absolute Gasteiger partial charge is 0.258 e. The topological polar surface area (TPSA) is 106 Å². The Hall–Kier alpha value is -1.93. The number of anilines is 1. The average molecular weight is 402 g/mol. The van der Waals surface area contributed by atoms with E-state index in [0.717, 1.165) is 32.1 Å². The number of amides is 1. The number of carbonyl (C=O) groups is 1. The first kappa shape index (κ1) is 19.1. The normalized spacial score (nSPS) is 35.4. The van der Waals surface area contributed by atoms with Gasteiger partial charge in [0, 0.05) is 12.2 Å². The van der Waals surface area contributed by atoms with Crippen LogP contribution in [0.4, 0.5) is 5.95 Å². The Bertz CT molecular complexity index is 781. The standard InChI is InChI=1S/C21H30N4O4/c1-11(2)29-19-16(8-22-20(25-19)23-15-9-28-10-15)18(26)24-17-13-3-12-4-14(17)7-21(27,5-12)6-13/h8,11-15,17,27H,3-7,9-10H2,1-2H3,(H,24,26)(H,22,23,25). The number of hydrogen-bond acceptors (Lipinski definition) is 7. The van der Waals surface area contributed by atoms with Gasteiger partial charge in [-0.1, -0.05) is 0 Å². The Labute approximate surface area is 170 Å². The summed E-state index contributed by atoms with van der Waals surface area (Å²) >= 11 is 0. The number of carbonyl (C=O) groups excluding carboxylic acids is 1. The van der Waals surface area contributed by atoms with Crippen LogP contribution in [0.25, 0.3) is 0 Å². The Morgan fingerprint density at radius 1 is 1.28 bits per heavy atom. The highest BCUT2D eigenvalue weighted by Crippen LogP contribution is 2.55. The molecule has 0 aromatic carbocycles. The zero-order valence-corrected chi connectivity index (χ0v) is 17.1. The monoisotopic (exact) mass is 402 g/mol. The molecule has 0 radical (unpaired) electrons. The minimum absolute atomic E-state index is 0.105. The van der Waals surface area contributed by atoms with E-state index in [-0.39, 0.29) is 24.1 Å².